The first-order valence-corrected chi connectivity index (χ1v) is 9.64. The van der Waals surface area contributed by atoms with Crippen molar-refractivity contribution in [3.05, 3.63) is 33.8 Å². The summed E-state index contributed by atoms with van der Waals surface area (Å²) in [6.07, 6.45) is 3.47. The van der Waals surface area contributed by atoms with Gasteiger partial charge in [0.25, 0.3) is 5.91 Å². The summed E-state index contributed by atoms with van der Waals surface area (Å²) in [5, 5.41) is 3.94. The van der Waals surface area contributed by atoms with E-state index in [1.807, 2.05) is 6.92 Å². The first-order valence-electron chi connectivity index (χ1n) is 8.82. The Kier molecular flexibility index (Phi) is 6.11. The molecule has 2 heterocycles. The standard InChI is InChI=1S/C19H25N3O3S/c1-13-18(26-17(20-13)8-11-22-9-4-5-10-22)19(23)21-14-6-7-15(24-2)16(12-14)25-3/h6-7,12H,4-5,8-11H2,1-3H3,(H,21,23). The van der Waals surface area contributed by atoms with Crippen LogP contribution in [0.4, 0.5) is 5.69 Å². The SMILES string of the molecule is COc1ccc(NC(=O)c2sc(CCN3CCCC3)nc2C)cc1OC. The van der Waals surface area contributed by atoms with Gasteiger partial charge in [-0.15, -0.1) is 11.3 Å². The lowest BCUT2D eigenvalue weighted by molar-refractivity contribution is 0.103. The van der Waals surface area contributed by atoms with E-state index in [2.05, 4.69) is 15.2 Å². The normalized spacial score (nSPS) is 14.4. The number of likely N-dealkylation sites (tertiary alicyclic amines) is 1. The number of nitrogens with one attached hydrogen (secondary N) is 1. The van der Waals surface area contributed by atoms with Gasteiger partial charge in [-0.25, -0.2) is 4.98 Å². The topological polar surface area (TPSA) is 63.7 Å². The molecule has 0 bridgehead atoms. The average Bonchev–Trinajstić information content (AvgIpc) is 3.29. The van der Waals surface area contributed by atoms with Crippen LogP contribution in [0, 0.1) is 6.92 Å². The van der Waals surface area contributed by atoms with Gasteiger partial charge in [-0.1, -0.05) is 0 Å². The zero-order valence-corrected chi connectivity index (χ0v) is 16.3. The molecule has 2 aromatic rings. The van der Waals surface area contributed by atoms with Crippen LogP contribution in [-0.4, -0.2) is 49.6 Å². The molecule has 1 saturated heterocycles. The molecule has 140 valence electrons. The molecule has 0 radical (unpaired) electrons. The number of hydrogen-bond acceptors (Lipinski definition) is 6. The molecule has 1 N–H and O–H groups in total. The van der Waals surface area contributed by atoms with E-state index >= 15 is 0 Å². The van der Waals surface area contributed by atoms with Gasteiger partial charge in [-0.3, -0.25) is 4.79 Å². The summed E-state index contributed by atoms with van der Waals surface area (Å²) in [6.45, 7) is 5.26. The van der Waals surface area contributed by atoms with Crippen molar-refractivity contribution < 1.29 is 14.3 Å². The van der Waals surface area contributed by atoms with E-state index in [1.54, 1.807) is 32.4 Å². The first kappa shape index (κ1) is 18.7. The maximum atomic E-state index is 12.6. The van der Waals surface area contributed by atoms with Gasteiger partial charge in [-0.2, -0.15) is 0 Å². The molecule has 0 atom stereocenters. The fraction of sp³-hybridized carbons (Fsp3) is 0.474. The van der Waals surface area contributed by atoms with Crippen molar-refractivity contribution >= 4 is 22.9 Å². The fourth-order valence-electron chi connectivity index (χ4n) is 3.13. The van der Waals surface area contributed by atoms with Crippen LogP contribution in [-0.2, 0) is 6.42 Å². The first-order chi connectivity index (χ1) is 12.6. The van der Waals surface area contributed by atoms with Crippen molar-refractivity contribution in [1.82, 2.24) is 9.88 Å². The van der Waals surface area contributed by atoms with Gasteiger partial charge in [0.15, 0.2) is 11.5 Å². The maximum Gasteiger partial charge on any atom is 0.267 e. The highest BCUT2D eigenvalue weighted by atomic mass is 32.1. The molecule has 26 heavy (non-hydrogen) atoms. The van der Waals surface area contributed by atoms with Gasteiger partial charge in [0.1, 0.15) is 4.88 Å². The van der Waals surface area contributed by atoms with Crippen molar-refractivity contribution in [2.45, 2.75) is 26.2 Å². The van der Waals surface area contributed by atoms with Crippen LogP contribution in [0.15, 0.2) is 18.2 Å². The molecular weight excluding hydrogens is 350 g/mol. The predicted molar refractivity (Wildman–Crippen MR) is 104 cm³/mol. The van der Waals surface area contributed by atoms with Crippen LogP contribution >= 0.6 is 11.3 Å². The molecule has 0 saturated carbocycles. The highest BCUT2D eigenvalue weighted by Gasteiger charge is 2.18. The zero-order valence-electron chi connectivity index (χ0n) is 15.5. The summed E-state index contributed by atoms with van der Waals surface area (Å²) < 4.78 is 10.5. The average molecular weight is 375 g/mol. The van der Waals surface area contributed by atoms with Crippen LogP contribution in [0.25, 0.3) is 0 Å². The van der Waals surface area contributed by atoms with Crippen molar-refractivity contribution in [1.29, 1.82) is 0 Å². The van der Waals surface area contributed by atoms with E-state index < -0.39 is 0 Å². The quantitative estimate of drug-likeness (QED) is 0.804. The summed E-state index contributed by atoms with van der Waals surface area (Å²) in [6, 6.07) is 5.32. The molecule has 0 spiro atoms. The molecule has 7 heteroatoms. The Morgan fingerprint density at radius 2 is 1.96 bits per heavy atom. The summed E-state index contributed by atoms with van der Waals surface area (Å²) >= 11 is 1.48. The molecule has 1 aliphatic heterocycles. The predicted octanol–water partition coefficient (Wildman–Crippen LogP) is 3.36. The summed E-state index contributed by atoms with van der Waals surface area (Å²) in [5.74, 6) is 1.07. The van der Waals surface area contributed by atoms with E-state index in [9.17, 15) is 4.79 Å². The summed E-state index contributed by atoms with van der Waals surface area (Å²) in [7, 11) is 3.16. The number of carbonyl (C=O) groups excluding carboxylic acids is 1. The number of anilines is 1. The van der Waals surface area contributed by atoms with Crippen LogP contribution in [0.1, 0.15) is 33.2 Å². The lowest BCUT2D eigenvalue weighted by Crippen LogP contribution is -2.21. The van der Waals surface area contributed by atoms with Crippen LogP contribution in [0.2, 0.25) is 0 Å². The molecule has 6 nitrogen and oxygen atoms in total. The number of aromatic nitrogens is 1. The number of methoxy groups -OCH3 is 2. The Bertz CT molecular complexity index is 769. The number of rotatable bonds is 7. The molecular formula is C19H25N3O3S. The van der Waals surface area contributed by atoms with E-state index in [-0.39, 0.29) is 5.91 Å². The number of nitrogens with zero attached hydrogens (tertiary/aromatic N) is 2. The third-order valence-corrected chi connectivity index (χ3v) is 5.75. The number of carbonyl (C=O) groups is 1. The van der Waals surface area contributed by atoms with Crippen molar-refractivity contribution in [2.24, 2.45) is 0 Å². The van der Waals surface area contributed by atoms with Gasteiger partial charge < -0.3 is 19.7 Å². The van der Waals surface area contributed by atoms with E-state index in [4.69, 9.17) is 9.47 Å². The van der Waals surface area contributed by atoms with Crippen molar-refractivity contribution in [2.75, 3.05) is 39.2 Å². The molecule has 1 aromatic carbocycles. The van der Waals surface area contributed by atoms with E-state index in [1.165, 1.54) is 37.3 Å². The molecule has 1 amide bonds. The number of thiazole rings is 1. The number of ether oxygens (including phenoxy) is 2. The Hall–Kier alpha value is -2.12. The van der Waals surface area contributed by atoms with Crippen LogP contribution in [0.5, 0.6) is 11.5 Å². The monoisotopic (exact) mass is 375 g/mol. The smallest absolute Gasteiger partial charge is 0.267 e. The fourth-order valence-corrected chi connectivity index (χ4v) is 4.08. The highest BCUT2D eigenvalue weighted by molar-refractivity contribution is 7.13. The van der Waals surface area contributed by atoms with Crippen LogP contribution in [0.3, 0.4) is 0 Å². The van der Waals surface area contributed by atoms with Gasteiger partial charge in [0.05, 0.1) is 24.9 Å². The molecule has 0 unspecified atom stereocenters. The van der Waals surface area contributed by atoms with Gasteiger partial charge in [0.2, 0.25) is 0 Å². The number of benzene rings is 1. The Morgan fingerprint density at radius 1 is 1.23 bits per heavy atom. The largest absolute Gasteiger partial charge is 0.493 e. The van der Waals surface area contributed by atoms with Gasteiger partial charge in [-0.05, 0) is 45.0 Å². The second kappa shape index (κ2) is 8.51. The lowest BCUT2D eigenvalue weighted by Gasteiger charge is -2.12. The maximum absolute atomic E-state index is 12.6. The van der Waals surface area contributed by atoms with E-state index in [0.29, 0.717) is 22.1 Å². The van der Waals surface area contributed by atoms with Crippen molar-refractivity contribution in [3.63, 3.8) is 0 Å². The minimum absolute atomic E-state index is 0.139. The molecule has 1 aliphatic rings. The minimum atomic E-state index is -0.139. The second-order valence-electron chi connectivity index (χ2n) is 6.34. The Balaban J connectivity index is 1.65. The third-order valence-electron chi connectivity index (χ3n) is 4.53. The molecule has 1 aromatic heterocycles. The molecule has 3 rings (SSSR count). The second-order valence-corrected chi connectivity index (χ2v) is 7.43. The van der Waals surface area contributed by atoms with Crippen LogP contribution < -0.4 is 14.8 Å². The number of aryl methyl sites for hydroxylation is 1. The zero-order chi connectivity index (χ0) is 18.5. The third kappa shape index (κ3) is 4.34. The lowest BCUT2D eigenvalue weighted by atomic mass is 10.2. The summed E-state index contributed by atoms with van der Waals surface area (Å²) in [5.41, 5.74) is 1.45. The minimum Gasteiger partial charge on any atom is -0.493 e. The van der Waals surface area contributed by atoms with E-state index in [0.717, 1.165) is 23.7 Å². The van der Waals surface area contributed by atoms with Gasteiger partial charge in [0, 0.05) is 24.7 Å². The molecule has 0 aliphatic carbocycles. The summed E-state index contributed by atoms with van der Waals surface area (Å²) in [4.78, 5) is 20.3. The van der Waals surface area contributed by atoms with Crippen molar-refractivity contribution in [3.8, 4) is 11.5 Å². The number of amides is 1. The highest BCUT2D eigenvalue weighted by Crippen LogP contribution is 2.30. The molecule has 1 fully saturated rings. The Morgan fingerprint density at radius 3 is 2.65 bits per heavy atom. The number of hydrogen-bond donors (Lipinski definition) is 1. The Labute approximate surface area is 158 Å². The van der Waals surface area contributed by atoms with Gasteiger partial charge >= 0.3 is 0 Å².